The quantitative estimate of drug-likeness (QED) is 0.419. The van der Waals surface area contributed by atoms with Crippen LogP contribution in [0.5, 0.6) is 0 Å². The molecular weight excluding hydrogens is 100 g/mol. The molecule has 0 fully saturated rings. The molecule has 8 heavy (non-hydrogen) atoms. The van der Waals surface area contributed by atoms with Gasteiger partial charge in [-0.1, -0.05) is 12.7 Å². The van der Waals surface area contributed by atoms with Crippen LogP contribution in [0.1, 0.15) is 6.92 Å². The van der Waals surface area contributed by atoms with Crippen LogP contribution in [-0.4, -0.2) is 6.72 Å². The molecule has 0 aromatic heterocycles. The van der Waals surface area contributed by atoms with Crippen molar-refractivity contribution in [1.29, 1.82) is 0 Å². The van der Waals surface area contributed by atoms with Crippen molar-refractivity contribution >= 4 is 6.72 Å². The van der Waals surface area contributed by atoms with Gasteiger partial charge in [-0.25, -0.2) is 0 Å². The molecule has 0 aliphatic rings. The number of nitrogens with zero attached hydrogens (tertiary/aromatic N) is 1. The van der Waals surface area contributed by atoms with E-state index in [1.165, 1.54) is 0 Å². The molecule has 0 spiro atoms. The van der Waals surface area contributed by atoms with Crippen molar-refractivity contribution in [3.05, 3.63) is 24.0 Å². The molecule has 0 bridgehead atoms. The second-order valence-corrected chi connectivity index (χ2v) is 1.36. The largest absolute Gasteiger partial charge is 0.397 e. The first-order chi connectivity index (χ1) is 3.72. The van der Waals surface area contributed by atoms with Gasteiger partial charge in [0.05, 0.1) is 5.70 Å². The fourth-order valence-corrected chi connectivity index (χ4v) is 0.378. The van der Waals surface area contributed by atoms with Gasteiger partial charge in [0, 0.05) is 5.70 Å². The van der Waals surface area contributed by atoms with E-state index in [1.54, 1.807) is 6.08 Å². The van der Waals surface area contributed by atoms with Crippen LogP contribution in [0.3, 0.4) is 0 Å². The van der Waals surface area contributed by atoms with Gasteiger partial charge in [-0.2, -0.15) is 0 Å². The lowest BCUT2D eigenvalue weighted by Crippen LogP contribution is -1.95. The lowest BCUT2D eigenvalue weighted by Gasteiger charge is -1.93. The first-order valence-electron chi connectivity index (χ1n) is 2.30. The maximum atomic E-state index is 5.26. The topological polar surface area (TPSA) is 38.4 Å². The van der Waals surface area contributed by atoms with Gasteiger partial charge in [-0.15, -0.1) is 0 Å². The molecule has 2 heteroatoms. The second kappa shape index (κ2) is 3.02. The summed E-state index contributed by atoms with van der Waals surface area (Å²) in [6, 6.07) is 0. The predicted molar refractivity (Wildman–Crippen MR) is 36.6 cm³/mol. The molecule has 0 aromatic rings. The van der Waals surface area contributed by atoms with E-state index < -0.39 is 0 Å². The lowest BCUT2D eigenvalue weighted by molar-refractivity contribution is 1.25. The zero-order valence-electron chi connectivity index (χ0n) is 5.02. The van der Waals surface area contributed by atoms with Gasteiger partial charge in [0.15, 0.2) is 0 Å². The van der Waals surface area contributed by atoms with Gasteiger partial charge >= 0.3 is 0 Å². The summed E-state index contributed by atoms with van der Waals surface area (Å²) >= 11 is 0. The second-order valence-electron chi connectivity index (χ2n) is 1.36. The Kier molecular flexibility index (Phi) is 2.62. The van der Waals surface area contributed by atoms with Crippen LogP contribution in [0.25, 0.3) is 0 Å². The molecule has 2 N–H and O–H groups in total. The molecule has 0 unspecified atom stereocenters. The third-order valence-corrected chi connectivity index (χ3v) is 0.773. The van der Waals surface area contributed by atoms with Crippen LogP contribution >= 0.6 is 0 Å². The van der Waals surface area contributed by atoms with Crippen LogP contribution in [-0.2, 0) is 0 Å². The van der Waals surface area contributed by atoms with Crippen molar-refractivity contribution in [3.8, 4) is 0 Å². The number of hydrogen-bond donors (Lipinski definition) is 1. The number of rotatable bonds is 2. The van der Waals surface area contributed by atoms with E-state index in [0.717, 1.165) is 0 Å². The fraction of sp³-hybridized carbons (Fsp3) is 0.167. The Hall–Kier alpha value is -1.05. The maximum absolute atomic E-state index is 5.26. The van der Waals surface area contributed by atoms with Crippen LogP contribution in [0.4, 0.5) is 0 Å². The molecule has 0 atom stereocenters. The smallest absolute Gasteiger partial charge is 0.0802 e. The van der Waals surface area contributed by atoms with Crippen LogP contribution in [0, 0.1) is 0 Å². The molecule has 0 aliphatic heterocycles. The minimum atomic E-state index is 0.461. The highest BCUT2D eigenvalue weighted by Crippen LogP contribution is 1.99. The predicted octanol–water partition coefficient (Wildman–Crippen LogP) is 1.06. The molecule has 44 valence electrons. The molecule has 0 rings (SSSR count). The Morgan fingerprint density at radius 1 is 1.75 bits per heavy atom. The summed E-state index contributed by atoms with van der Waals surface area (Å²) < 4.78 is 0. The average Bonchev–Trinajstić information content (AvgIpc) is 1.69. The number of allylic oxidation sites excluding steroid dienone is 1. The minimum absolute atomic E-state index is 0.461. The molecule has 0 radical (unpaired) electrons. The molecule has 0 aromatic carbocycles. The fourth-order valence-electron chi connectivity index (χ4n) is 0.378. The molecule has 0 aliphatic carbocycles. The molecule has 0 saturated heterocycles. The Labute approximate surface area is 49.4 Å². The van der Waals surface area contributed by atoms with Gasteiger partial charge in [-0.3, -0.25) is 4.99 Å². The Balaban J connectivity index is 4.13. The van der Waals surface area contributed by atoms with E-state index in [4.69, 9.17) is 5.73 Å². The van der Waals surface area contributed by atoms with Crippen molar-refractivity contribution in [2.45, 2.75) is 6.92 Å². The summed E-state index contributed by atoms with van der Waals surface area (Å²) in [4.78, 5) is 3.59. The highest BCUT2D eigenvalue weighted by atomic mass is 14.8. The summed E-state index contributed by atoms with van der Waals surface area (Å²) in [5.41, 5.74) is 6.38. The number of hydrogen-bond acceptors (Lipinski definition) is 2. The van der Waals surface area contributed by atoms with Gasteiger partial charge in [0.25, 0.3) is 0 Å². The SMILES string of the molecule is C=N/C(=C\C)C(=C)N. The van der Waals surface area contributed by atoms with E-state index >= 15 is 0 Å². The minimum Gasteiger partial charge on any atom is -0.397 e. The van der Waals surface area contributed by atoms with Crippen LogP contribution in [0.15, 0.2) is 29.0 Å². The molecule has 0 saturated carbocycles. The van der Waals surface area contributed by atoms with Crippen molar-refractivity contribution in [2.24, 2.45) is 10.7 Å². The zero-order valence-corrected chi connectivity index (χ0v) is 5.02. The van der Waals surface area contributed by atoms with E-state index in [-0.39, 0.29) is 0 Å². The van der Waals surface area contributed by atoms with Crippen molar-refractivity contribution in [1.82, 2.24) is 0 Å². The van der Waals surface area contributed by atoms with E-state index in [1.807, 2.05) is 6.92 Å². The Morgan fingerprint density at radius 3 is 2.25 bits per heavy atom. The first-order valence-corrected chi connectivity index (χ1v) is 2.30. The van der Waals surface area contributed by atoms with E-state index in [9.17, 15) is 0 Å². The molecular formula is C6H10N2. The van der Waals surface area contributed by atoms with Gasteiger partial charge < -0.3 is 5.73 Å². The standard InChI is InChI=1S/C6H10N2/c1-4-6(8-3)5(2)7/h4H,2-3,7H2,1H3/b6-4-. The maximum Gasteiger partial charge on any atom is 0.0802 e. The lowest BCUT2D eigenvalue weighted by atomic mass is 10.3. The number of nitrogens with two attached hydrogens (primary N) is 1. The zero-order chi connectivity index (χ0) is 6.57. The molecule has 0 amide bonds. The third-order valence-electron chi connectivity index (χ3n) is 0.773. The van der Waals surface area contributed by atoms with Crippen molar-refractivity contribution in [3.63, 3.8) is 0 Å². The van der Waals surface area contributed by atoms with Crippen LogP contribution < -0.4 is 5.73 Å². The van der Waals surface area contributed by atoms with Gasteiger partial charge in [0.1, 0.15) is 0 Å². The van der Waals surface area contributed by atoms with Crippen molar-refractivity contribution < 1.29 is 0 Å². The monoisotopic (exact) mass is 110 g/mol. The Bertz CT molecular complexity index is 133. The normalized spacial score (nSPS) is 10.9. The molecule has 0 heterocycles. The third kappa shape index (κ3) is 1.60. The molecule has 2 nitrogen and oxygen atoms in total. The summed E-state index contributed by atoms with van der Waals surface area (Å²) in [5, 5.41) is 0. The average molecular weight is 110 g/mol. The summed E-state index contributed by atoms with van der Waals surface area (Å²) in [7, 11) is 0. The number of aliphatic imine (C=N–C) groups is 1. The highest BCUT2D eigenvalue weighted by Gasteiger charge is 1.87. The van der Waals surface area contributed by atoms with E-state index in [2.05, 4.69) is 18.3 Å². The summed E-state index contributed by atoms with van der Waals surface area (Å²) in [5.74, 6) is 0. The summed E-state index contributed by atoms with van der Waals surface area (Å²) in [6.07, 6.45) is 1.76. The van der Waals surface area contributed by atoms with Gasteiger partial charge in [0.2, 0.25) is 0 Å². The Morgan fingerprint density at radius 2 is 2.25 bits per heavy atom. The highest BCUT2D eigenvalue weighted by molar-refractivity contribution is 5.35. The summed E-state index contributed by atoms with van der Waals surface area (Å²) in [6.45, 7) is 8.60. The van der Waals surface area contributed by atoms with Crippen LogP contribution in [0.2, 0.25) is 0 Å². The van der Waals surface area contributed by atoms with E-state index in [0.29, 0.717) is 11.4 Å². The van der Waals surface area contributed by atoms with Crippen molar-refractivity contribution in [2.75, 3.05) is 0 Å². The van der Waals surface area contributed by atoms with Gasteiger partial charge in [-0.05, 0) is 13.6 Å². The first kappa shape index (κ1) is 6.95.